The number of hydrogen-bond acceptors (Lipinski definition) is 3. The normalized spacial score (nSPS) is 17.2. The molecule has 0 radical (unpaired) electrons. The van der Waals surface area contributed by atoms with Crippen LogP contribution in [0, 0.1) is 5.92 Å². The predicted molar refractivity (Wildman–Crippen MR) is 69.2 cm³/mol. The van der Waals surface area contributed by atoms with Crippen molar-refractivity contribution >= 4 is 15.7 Å². The Balaban J connectivity index is 2.15. The second-order valence-electron chi connectivity index (χ2n) is 4.90. The Morgan fingerprint density at radius 1 is 1.39 bits per heavy atom. The molecule has 1 fully saturated rings. The summed E-state index contributed by atoms with van der Waals surface area (Å²) in [5.74, 6) is 0.368. The molecule has 18 heavy (non-hydrogen) atoms. The Morgan fingerprint density at radius 3 is 2.61 bits per heavy atom. The van der Waals surface area contributed by atoms with Crippen LogP contribution in [0.25, 0.3) is 0 Å². The maximum Gasteiger partial charge on any atom is 0.251 e. The number of carbonyl (C=O) groups excluding carboxylic acids is 1. The van der Waals surface area contributed by atoms with Crippen molar-refractivity contribution in [3.05, 3.63) is 29.8 Å². The van der Waals surface area contributed by atoms with Crippen LogP contribution in [0.4, 0.5) is 0 Å². The minimum Gasteiger partial charge on any atom is -0.349 e. The van der Waals surface area contributed by atoms with Crippen LogP contribution in [0.1, 0.15) is 30.1 Å². The monoisotopic (exact) mass is 267 g/mol. The molecule has 98 valence electrons. The Morgan fingerprint density at radius 2 is 2.06 bits per heavy atom. The van der Waals surface area contributed by atoms with Crippen LogP contribution in [-0.4, -0.2) is 26.6 Å². The van der Waals surface area contributed by atoms with E-state index in [9.17, 15) is 13.2 Å². The molecule has 1 atom stereocenters. The fourth-order valence-corrected chi connectivity index (χ4v) is 2.54. The molecular formula is C13H17NO3S. The third kappa shape index (κ3) is 3.10. The van der Waals surface area contributed by atoms with E-state index in [4.69, 9.17) is 0 Å². The van der Waals surface area contributed by atoms with Gasteiger partial charge in [0.1, 0.15) is 0 Å². The molecule has 0 heterocycles. The van der Waals surface area contributed by atoms with Crippen LogP contribution >= 0.6 is 0 Å². The highest BCUT2D eigenvalue weighted by atomic mass is 32.2. The van der Waals surface area contributed by atoms with Crippen molar-refractivity contribution in [2.24, 2.45) is 5.92 Å². The zero-order valence-electron chi connectivity index (χ0n) is 10.5. The van der Waals surface area contributed by atoms with Crippen LogP contribution in [0.15, 0.2) is 29.2 Å². The summed E-state index contributed by atoms with van der Waals surface area (Å²) >= 11 is 0. The van der Waals surface area contributed by atoms with E-state index in [1.165, 1.54) is 12.1 Å². The third-order valence-corrected chi connectivity index (χ3v) is 4.32. The predicted octanol–water partition coefficient (Wildman–Crippen LogP) is 1.62. The summed E-state index contributed by atoms with van der Waals surface area (Å²) in [6.07, 6.45) is 3.45. The van der Waals surface area contributed by atoms with Gasteiger partial charge in [-0.25, -0.2) is 8.42 Å². The summed E-state index contributed by atoms with van der Waals surface area (Å²) in [7, 11) is -3.27. The lowest BCUT2D eigenvalue weighted by atomic mass is 10.1. The Labute approximate surface area is 107 Å². The first kappa shape index (κ1) is 13.1. The molecule has 2 rings (SSSR count). The zero-order valence-corrected chi connectivity index (χ0v) is 11.3. The summed E-state index contributed by atoms with van der Waals surface area (Å²) in [6, 6.07) is 6.29. The van der Waals surface area contributed by atoms with Gasteiger partial charge in [-0.1, -0.05) is 6.07 Å². The van der Waals surface area contributed by atoms with Crippen molar-refractivity contribution < 1.29 is 13.2 Å². The fourth-order valence-electron chi connectivity index (χ4n) is 1.87. The van der Waals surface area contributed by atoms with Gasteiger partial charge in [0, 0.05) is 17.9 Å². The van der Waals surface area contributed by atoms with Crippen molar-refractivity contribution in [1.29, 1.82) is 0 Å². The first-order valence-electron chi connectivity index (χ1n) is 5.99. The van der Waals surface area contributed by atoms with Gasteiger partial charge in [0.15, 0.2) is 9.84 Å². The first-order valence-corrected chi connectivity index (χ1v) is 7.88. The van der Waals surface area contributed by atoms with Gasteiger partial charge in [-0.3, -0.25) is 4.79 Å². The standard InChI is InChI=1S/C13H17NO3S/c1-9(10-6-7-10)14-13(15)11-4-3-5-12(8-11)18(2,16)17/h3-5,8-10H,6-7H2,1-2H3,(H,14,15). The van der Waals surface area contributed by atoms with E-state index < -0.39 is 9.84 Å². The Kier molecular flexibility index (Phi) is 3.43. The van der Waals surface area contributed by atoms with Gasteiger partial charge in [-0.2, -0.15) is 0 Å². The molecule has 1 N–H and O–H groups in total. The highest BCUT2D eigenvalue weighted by Crippen LogP contribution is 2.32. The number of benzene rings is 1. The maximum absolute atomic E-state index is 12.0. The minimum atomic E-state index is -3.27. The number of rotatable bonds is 4. The molecule has 0 aliphatic heterocycles. The van der Waals surface area contributed by atoms with E-state index in [2.05, 4.69) is 5.32 Å². The third-order valence-electron chi connectivity index (χ3n) is 3.21. The molecule has 4 nitrogen and oxygen atoms in total. The largest absolute Gasteiger partial charge is 0.349 e. The lowest BCUT2D eigenvalue weighted by Gasteiger charge is -2.13. The van der Waals surface area contributed by atoms with Crippen LogP contribution in [0.2, 0.25) is 0 Å². The Hall–Kier alpha value is -1.36. The van der Waals surface area contributed by atoms with Gasteiger partial charge in [0.05, 0.1) is 4.90 Å². The lowest BCUT2D eigenvalue weighted by molar-refractivity contribution is 0.0935. The molecule has 1 aliphatic rings. The van der Waals surface area contributed by atoms with Crippen molar-refractivity contribution in [1.82, 2.24) is 5.32 Å². The number of nitrogens with one attached hydrogen (secondary N) is 1. The topological polar surface area (TPSA) is 63.2 Å². The number of sulfone groups is 1. The van der Waals surface area contributed by atoms with E-state index >= 15 is 0 Å². The number of hydrogen-bond donors (Lipinski definition) is 1. The van der Waals surface area contributed by atoms with Gasteiger partial charge in [0.2, 0.25) is 0 Å². The van der Waals surface area contributed by atoms with Crippen LogP contribution in [0.5, 0.6) is 0 Å². The molecule has 0 bridgehead atoms. The molecule has 1 saturated carbocycles. The highest BCUT2D eigenvalue weighted by Gasteiger charge is 2.29. The molecule has 1 amide bonds. The van der Waals surface area contributed by atoms with Crippen molar-refractivity contribution in [2.75, 3.05) is 6.26 Å². The van der Waals surface area contributed by atoms with Crippen LogP contribution in [-0.2, 0) is 9.84 Å². The summed E-state index contributed by atoms with van der Waals surface area (Å²) in [4.78, 5) is 12.1. The second-order valence-corrected chi connectivity index (χ2v) is 6.92. The van der Waals surface area contributed by atoms with Gasteiger partial charge >= 0.3 is 0 Å². The summed E-state index contributed by atoms with van der Waals surface area (Å²) in [5, 5.41) is 2.90. The van der Waals surface area contributed by atoms with Gasteiger partial charge in [-0.15, -0.1) is 0 Å². The van der Waals surface area contributed by atoms with Gasteiger partial charge < -0.3 is 5.32 Å². The molecule has 0 aromatic heterocycles. The van der Waals surface area contributed by atoms with E-state index in [0.29, 0.717) is 11.5 Å². The molecule has 0 spiro atoms. The van der Waals surface area contributed by atoms with E-state index in [-0.39, 0.29) is 16.8 Å². The average Bonchev–Trinajstić information content (AvgIpc) is 3.11. The van der Waals surface area contributed by atoms with Crippen molar-refractivity contribution in [3.8, 4) is 0 Å². The maximum atomic E-state index is 12.0. The molecule has 1 aromatic carbocycles. The summed E-state index contributed by atoms with van der Waals surface area (Å²) in [5.41, 5.74) is 0.394. The minimum absolute atomic E-state index is 0.152. The van der Waals surface area contributed by atoms with Crippen molar-refractivity contribution in [2.45, 2.75) is 30.7 Å². The lowest BCUT2D eigenvalue weighted by Crippen LogP contribution is -2.34. The first-order chi connectivity index (χ1) is 8.38. The molecular weight excluding hydrogens is 250 g/mol. The fraction of sp³-hybridized carbons (Fsp3) is 0.462. The van der Waals surface area contributed by atoms with Gasteiger partial charge in [0.25, 0.3) is 5.91 Å². The second kappa shape index (κ2) is 4.72. The van der Waals surface area contributed by atoms with E-state index in [1.54, 1.807) is 12.1 Å². The SMILES string of the molecule is CC(NC(=O)c1cccc(S(C)(=O)=O)c1)C1CC1. The van der Waals surface area contributed by atoms with E-state index in [0.717, 1.165) is 19.1 Å². The summed E-state index contributed by atoms with van der Waals surface area (Å²) < 4.78 is 22.8. The molecule has 0 saturated heterocycles. The molecule has 1 aromatic rings. The van der Waals surface area contributed by atoms with Gasteiger partial charge in [-0.05, 0) is 43.9 Å². The molecule has 5 heteroatoms. The quantitative estimate of drug-likeness (QED) is 0.901. The summed E-state index contributed by atoms with van der Waals surface area (Å²) in [6.45, 7) is 1.98. The molecule has 1 aliphatic carbocycles. The molecule has 1 unspecified atom stereocenters. The smallest absolute Gasteiger partial charge is 0.251 e. The average molecular weight is 267 g/mol. The van der Waals surface area contributed by atoms with E-state index in [1.807, 2.05) is 6.92 Å². The zero-order chi connectivity index (χ0) is 13.3. The van der Waals surface area contributed by atoms with Crippen LogP contribution in [0.3, 0.4) is 0 Å². The number of amides is 1. The van der Waals surface area contributed by atoms with Crippen molar-refractivity contribution in [3.63, 3.8) is 0 Å². The van der Waals surface area contributed by atoms with Crippen LogP contribution < -0.4 is 5.32 Å². The number of carbonyl (C=O) groups is 1. The highest BCUT2D eigenvalue weighted by molar-refractivity contribution is 7.90. The Bertz CT molecular complexity index is 561.